The Hall–Kier alpha value is -4.81. The number of guanidine groups is 1. The average Bonchev–Trinajstić information content (AvgIpc) is 2.91. The largest absolute Gasteiger partial charge is 0.488 e. The highest BCUT2D eigenvalue weighted by molar-refractivity contribution is 6.03. The molecule has 2 aromatic carbocycles. The summed E-state index contributed by atoms with van der Waals surface area (Å²) < 4.78 is 5.97. The first kappa shape index (κ1) is 29.7. The number of hydrogen-bond acceptors (Lipinski definition) is 7. The molecular formula is C27H36N8O5. The second-order valence-electron chi connectivity index (χ2n) is 9.62. The predicted molar refractivity (Wildman–Crippen MR) is 151 cm³/mol. The van der Waals surface area contributed by atoms with Crippen LogP contribution in [-0.2, 0) is 16.2 Å². The minimum absolute atomic E-state index is 0.0604. The number of carbonyl (C=O) groups is 4. The van der Waals surface area contributed by atoms with Gasteiger partial charge in [0.1, 0.15) is 24.4 Å². The molecule has 2 aromatic rings. The summed E-state index contributed by atoms with van der Waals surface area (Å²) >= 11 is 0. The lowest BCUT2D eigenvalue weighted by molar-refractivity contribution is -0.128. The molecule has 2 unspecified atom stereocenters. The molecule has 0 saturated heterocycles. The molecule has 0 spiro atoms. The van der Waals surface area contributed by atoms with Crippen LogP contribution in [0.3, 0.4) is 0 Å². The summed E-state index contributed by atoms with van der Waals surface area (Å²) in [5.41, 5.74) is 23.6. The van der Waals surface area contributed by atoms with Gasteiger partial charge < -0.3 is 43.6 Å². The molecule has 0 aromatic heterocycles. The van der Waals surface area contributed by atoms with E-state index >= 15 is 0 Å². The van der Waals surface area contributed by atoms with Crippen molar-refractivity contribution in [2.75, 3.05) is 17.6 Å². The topological polar surface area (TPSA) is 230 Å². The Labute approximate surface area is 232 Å². The van der Waals surface area contributed by atoms with E-state index in [0.717, 1.165) is 0 Å². The van der Waals surface area contributed by atoms with Crippen molar-refractivity contribution in [3.63, 3.8) is 0 Å². The zero-order valence-electron chi connectivity index (χ0n) is 22.5. The van der Waals surface area contributed by atoms with Crippen molar-refractivity contribution >= 4 is 41.0 Å². The van der Waals surface area contributed by atoms with Crippen LogP contribution in [0.25, 0.3) is 0 Å². The van der Waals surface area contributed by atoms with Crippen LogP contribution in [0.4, 0.5) is 11.4 Å². The van der Waals surface area contributed by atoms with E-state index < -0.39 is 35.7 Å². The summed E-state index contributed by atoms with van der Waals surface area (Å²) in [5.74, 6) is -2.47. The van der Waals surface area contributed by atoms with Crippen LogP contribution in [-0.4, -0.2) is 48.2 Å². The SMILES string of the molecule is CCC(C)[C@@H]1NC(=O)c2cc(N)ccc2OCc2ccc(C(N)=O)cc2NC(=O)C(CCCN=C(N)N)NC1=O. The number of nitrogens with two attached hydrogens (primary N) is 4. The number of aliphatic imine (C=N–C) groups is 1. The third-order valence-corrected chi connectivity index (χ3v) is 6.64. The zero-order valence-corrected chi connectivity index (χ0v) is 22.5. The van der Waals surface area contributed by atoms with Crippen molar-refractivity contribution in [1.82, 2.24) is 10.6 Å². The first-order valence-corrected chi connectivity index (χ1v) is 12.9. The van der Waals surface area contributed by atoms with E-state index in [2.05, 4.69) is 20.9 Å². The van der Waals surface area contributed by atoms with Gasteiger partial charge in [0.05, 0.1) is 5.56 Å². The molecule has 214 valence electrons. The molecule has 0 fully saturated rings. The van der Waals surface area contributed by atoms with Gasteiger partial charge in [0.15, 0.2) is 5.96 Å². The normalized spacial score (nSPS) is 18.4. The number of nitrogen functional groups attached to an aromatic ring is 1. The first-order valence-electron chi connectivity index (χ1n) is 12.9. The number of nitrogens with one attached hydrogen (secondary N) is 3. The molecular weight excluding hydrogens is 516 g/mol. The molecule has 1 heterocycles. The number of primary amides is 1. The zero-order chi connectivity index (χ0) is 29.4. The molecule has 0 bridgehead atoms. The maximum Gasteiger partial charge on any atom is 0.255 e. The highest BCUT2D eigenvalue weighted by atomic mass is 16.5. The highest BCUT2D eigenvalue weighted by Crippen LogP contribution is 2.26. The van der Waals surface area contributed by atoms with Crippen molar-refractivity contribution in [2.45, 2.75) is 51.8 Å². The Kier molecular flexibility index (Phi) is 9.90. The number of carbonyl (C=O) groups excluding carboxylic acids is 4. The Bertz CT molecular complexity index is 1310. The monoisotopic (exact) mass is 552 g/mol. The van der Waals surface area contributed by atoms with E-state index in [-0.39, 0.29) is 54.0 Å². The van der Waals surface area contributed by atoms with Gasteiger partial charge in [-0.3, -0.25) is 24.2 Å². The smallest absolute Gasteiger partial charge is 0.255 e. The molecule has 13 heteroatoms. The van der Waals surface area contributed by atoms with Crippen LogP contribution in [0.1, 0.15) is 59.4 Å². The number of benzene rings is 2. The maximum atomic E-state index is 13.5. The van der Waals surface area contributed by atoms with Crippen molar-refractivity contribution in [3.05, 3.63) is 53.1 Å². The quantitative estimate of drug-likeness (QED) is 0.111. The van der Waals surface area contributed by atoms with Crippen LogP contribution in [0.2, 0.25) is 0 Å². The van der Waals surface area contributed by atoms with Gasteiger partial charge in [-0.05, 0) is 49.1 Å². The fourth-order valence-electron chi connectivity index (χ4n) is 4.15. The van der Waals surface area contributed by atoms with Gasteiger partial charge in [-0.15, -0.1) is 0 Å². The summed E-state index contributed by atoms with van der Waals surface area (Å²) in [5, 5.41) is 8.36. The van der Waals surface area contributed by atoms with Gasteiger partial charge in [0.25, 0.3) is 5.91 Å². The number of anilines is 2. The van der Waals surface area contributed by atoms with Crippen LogP contribution >= 0.6 is 0 Å². The number of ether oxygens (including phenoxy) is 1. The van der Waals surface area contributed by atoms with Crippen LogP contribution in [0.15, 0.2) is 41.4 Å². The number of nitrogens with zero attached hydrogens (tertiary/aromatic N) is 1. The van der Waals surface area contributed by atoms with E-state index in [4.69, 9.17) is 27.7 Å². The van der Waals surface area contributed by atoms with E-state index in [0.29, 0.717) is 24.1 Å². The second kappa shape index (κ2) is 13.3. The molecule has 13 nitrogen and oxygen atoms in total. The first-order chi connectivity index (χ1) is 19.0. The van der Waals surface area contributed by atoms with Crippen molar-refractivity contribution < 1.29 is 23.9 Å². The number of amides is 4. The van der Waals surface area contributed by atoms with Crippen molar-refractivity contribution in [3.8, 4) is 5.75 Å². The predicted octanol–water partition coefficient (Wildman–Crippen LogP) is 0.582. The van der Waals surface area contributed by atoms with Crippen LogP contribution in [0, 0.1) is 5.92 Å². The molecule has 3 rings (SSSR count). The lowest BCUT2D eigenvalue weighted by atomic mass is 9.97. The highest BCUT2D eigenvalue weighted by Gasteiger charge is 2.31. The minimum atomic E-state index is -1.01. The van der Waals surface area contributed by atoms with E-state index in [1.54, 1.807) is 18.2 Å². The van der Waals surface area contributed by atoms with Gasteiger partial charge in [-0.2, -0.15) is 0 Å². The number of hydrogen-bond donors (Lipinski definition) is 7. The van der Waals surface area contributed by atoms with Crippen LogP contribution < -0.4 is 43.6 Å². The standard InChI is InChI=1S/C27H36N8O5/c1-3-14(2)22-26(39)33-19(5-4-10-32-27(30)31)25(38)34-20-11-15(23(29)36)6-7-16(20)13-40-21-9-8-17(28)12-18(21)24(37)35-22/h6-9,11-12,14,19,22H,3-5,10,13,28H2,1-2H3,(H2,29,36)(H,33,39)(H,34,38)(H,35,37)(H4,30,31,32)/t14?,19?,22-/m0/s1. The van der Waals surface area contributed by atoms with Gasteiger partial charge >= 0.3 is 0 Å². The van der Waals surface area contributed by atoms with E-state index in [1.807, 2.05) is 13.8 Å². The van der Waals surface area contributed by atoms with Crippen molar-refractivity contribution in [2.24, 2.45) is 28.1 Å². The maximum absolute atomic E-state index is 13.5. The molecule has 0 saturated carbocycles. The lowest BCUT2D eigenvalue weighted by Crippen LogP contribution is -2.55. The average molecular weight is 553 g/mol. The van der Waals surface area contributed by atoms with Gasteiger partial charge in [0.2, 0.25) is 17.7 Å². The van der Waals surface area contributed by atoms with Crippen molar-refractivity contribution in [1.29, 1.82) is 0 Å². The molecule has 11 N–H and O–H groups in total. The lowest BCUT2D eigenvalue weighted by Gasteiger charge is -2.27. The Morgan fingerprint density at radius 3 is 2.50 bits per heavy atom. The summed E-state index contributed by atoms with van der Waals surface area (Å²) in [6.45, 7) is 3.88. The van der Waals surface area contributed by atoms with E-state index in [1.165, 1.54) is 18.2 Å². The van der Waals surface area contributed by atoms with Gasteiger partial charge in [-0.25, -0.2) is 0 Å². The number of fused-ring (bicyclic) bond motifs is 2. The minimum Gasteiger partial charge on any atom is -0.488 e. The summed E-state index contributed by atoms with van der Waals surface area (Å²) in [7, 11) is 0. The summed E-state index contributed by atoms with van der Waals surface area (Å²) in [4.78, 5) is 56.2. The van der Waals surface area contributed by atoms with Crippen LogP contribution in [0.5, 0.6) is 5.75 Å². The summed E-state index contributed by atoms with van der Waals surface area (Å²) in [6.07, 6.45) is 1.14. The Balaban J connectivity index is 2.07. The fraction of sp³-hybridized carbons (Fsp3) is 0.370. The third kappa shape index (κ3) is 7.62. The van der Waals surface area contributed by atoms with Gasteiger partial charge in [0, 0.05) is 29.0 Å². The Morgan fingerprint density at radius 2 is 1.82 bits per heavy atom. The van der Waals surface area contributed by atoms with Gasteiger partial charge in [-0.1, -0.05) is 26.3 Å². The second-order valence-corrected chi connectivity index (χ2v) is 9.62. The molecule has 0 radical (unpaired) electrons. The third-order valence-electron chi connectivity index (χ3n) is 6.64. The summed E-state index contributed by atoms with van der Waals surface area (Å²) in [6, 6.07) is 7.15. The molecule has 1 aliphatic heterocycles. The molecule has 0 aliphatic carbocycles. The Morgan fingerprint density at radius 1 is 1.07 bits per heavy atom. The molecule has 4 amide bonds. The molecule has 40 heavy (non-hydrogen) atoms. The fourth-order valence-corrected chi connectivity index (χ4v) is 4.15. The molecule has 1 aliphatic rings. The molecule has 3 atom stereocenters. The van der Waals surface area contributed by atoms with E-state index in [9.17, 15) is 19.2 Å². The number of rotatable bonds is 7.